The third-order valence-electron chi connectivity index (χ3n) is 2.76. The van der Waals surface area contributed by atoms with Gasteiger partial charge in [0.2, 0.25) is 0 Å². The molecule has 0 heterocycles. The highest BCUT2D eigenvalue weighted by molar-refractivity contribution is 6.30. The van der Waals surface area contributed by atoms with Gasteiger partial charge in [-0.3, -0.25) is 0 Å². The molecule has 0 saturated carbocycles. The molecule has 0 aliphatic rings. The molecule has 0 N–H and O–H groups in total. The van der Waals surface area contributed by atoms with Gasteiger partial charge in [-0.15, -0.1) is 0 Å². The normalized spacial score (nSPS) is 10.0. The van der Waals surface area contributed by atoms with Crippen molar-refractivity contribution in [3.8, 4) is 11.8 Å². The van der Waals surface area contributed by atoms with Crippen molar-refractivity contribution < 1.29 is 9.13 Å². The molecule has 0 fully saturated rings. The van der Waals surface area contributed by atoms with Crippen LogP contribution in [0.2, 0.25) is 5.02 Å². The molecule has 4 heteroatoms. The van der Waals surface area contributed by atoms with Gasteiger partial charge in [0.1, 0.15) is 24.2 Å². The monoisotopic (exact) mass is 275 g/mol. The predicted octanol–water partition coefficient (Wildman–Crippen LogP) is 4.24. The lowest BCUT2D eigenvalue weighted by molar-refractivity contribution is 0.304. The summed E-state index contributed by atoms with van der Waals surface area (Å²) in [6, 6.07) is 11.3. The van der Waals surface area contributed by atoms with Crippen LogP contribution >= 0.6 is 11.6 Å². The summed E-state index contributed by atoms with van der Waals surface area (Å²) in [6.07, 6.45) is 0. The quantitative estimate of drug-likeness (QED) is 0.839. The van der Waals surface area contributed by atoms with Crippen LogP contribution in [0.4, 0.5) is 4.39 Å². The number of hydrogen-bond acceptors (Lipinski definition) is 2. The number of rotatable bonds is 3. The molecule has 0 aliphatic carbocycles. The Morgan fingerprint density at radius 3 is 2.79 bits per heavy atom. The smallest absolute Gasteiger partial charge is 0.139 e. The Balaban J connectivity index is 2.21. The molecule has 0 amide bonds. The van der Waals surface area contributed by atoms with Gasteiger partial charge in [-0.05, 0) is 42.3 Å². The third-order valence-corrected chi connectivity index (χ3v) is 2.99. The molecule has 0 unspecified atom stereocenters. The Hall–Kier alpha value is -2.05. The van der Waals surface area contributed by atoms with E-state index in [2.05, 4.69) is 0 Å². The van der Waals surface area contributed by atoms with E-state index in [1.54, 1.807) is 24.3 Å². The molecule has 0 atom stereocenters. The molecule has 19 heavy (non-hydrogen) atoms. The standard InChI is InChI=1S/C15H11ClFNO/c1-10-2-5-14(17)6-12(10)9-19-15-7-13(16)4-3-11(15)8-18/h2-7H,9H2,1H3. The number of nitriles is 1. The van der Waals surface area contributed by atoms with E-state index in [1.165, 1.54) is 12.1 Å². The van der Waals surface area contributed by atoms with Crippen molar-refractivity contribution in [1.82, 2.24) is 0 Å². The first-order valence-corrected chi connectivity index (χ1v) is 6.05. The largest absolute Gasteiger partial charge is 0.487 e. The Bertz CT molecular complexity index is 649. The second kappa shape index (κ2) is 5.73. The predicted molar refractivity (Wildman–Crippen MR) is 71.6 cm³/mol. The zero-order chi connectivity index (χ0) is 13.8. The molecule has 2 aromatic rings. The van der Waals surface area contributed by atoms with Gasteiger partial charge < -0.3 is 4.74 Å². The van der Waals surface area contributed by atoms with Crippen LogP contribution in [0.1, 0.15) is 16.7 Å². The van der Waals surface area contributed by atoms with Crippen LogP contribution in [0.3, 0.4) is 0 Å². The van der Waals surface area contributed by atoms with Crippen LogP contribution < -0.4 is 4.74 Å². The van der Waals surface area contributed by atoms with Crippen molar-refractivity contribution in [3.63, 3.8) is 0 Å². The summed E-state index contributed by atoms with van der Waals surface area (Å²) in [5.74, 6) is 0.0921. The fourth-order valence-corrected chi connectivity index (χ4v) is 1.82. The summed E-state index contributed by atoms with van der Waals surface area (Å²) in [5, 5.41) is 9.46. The first-order valence-electron chi connectivity index (χ1n) is 5.67. The van der Waals surface area contributed by atoms with E-state index in [4.69, 9.17) is 21.6 Å². The summed E-state index contributed by atoms with van der Waals surface area (Å²) < 4.78 is 18.7. The van der Waals surface area contributed by atoms with E-state index in [1.807, 2.05) is 13.0 Å². The number of ether oxygens (including phenoxy) is 1. The third kappa shape index (κ3) is 3.24. The molecule has 0 spiro atoms. The summed E-state index contributed by atoms with van der Waals surface area (Å²) in [4.78, 5) is 0. The first-order chi connectivity index (χ1) is 9.10. The van der Waals surface area contributed by atoms with Gasteiger partial charge in [-0.25, -0.2) is 4.39 Å². The fraction of sp³-hybridized carbons (Fsp3) is 0.133. The average molecular weight is 276 g/mol. The second-order valence-corrected chi connectivity index (χ2v) is 4.55. The molecule has 2 aromatic carbocycles. The highest BCUT2D eigenvalue weighted by Gasteiger charge is 2.06. The Morgan fingerprint density at radius 1 is 1.26 bits per heavy atom. The van der Waals surface area contributed by atoms with Gasteiger partial charge in [0.25, 0.3) is 0 Å². The maximum atomic E-state index is 13.2. The summed E-state index contributed by atoms with van der Waals surface area (Å²) in [6.45, 7) is 2.07. The maximum Gasteiger partial charge on any atom is 0.139 e. The minimum absolute atomic E-state index is 0.193. The molecular weight excluding hydrogens is 265 g/mol. The van der Waals surface area contributed by atoms with Crippen molar-refractivity contribution in [2.45, 2.75) is 13.5 Å². The van der Waals surface area contributed by atoms with Gasteiger partial charge in [0.15, 0.2) is 0 Å². The number of aryl methyl sites for hydroxylation is 1. The zero-order valence-electron chi connectivity index (χ0n) is 10.3. The van der Waals surface area contributed by atoms with Crippen molar-refractivity contribution in [3.05, 3.63) is 63.9 Å². The number of nitrogens with zero attached hydrogens (tertiary/aromatic N) is 1. The van der Waals surface area contributed by atoms with Crippen LogP contribution in [0, 0.1) is 24.1 Å². The number of hydrogen-bond donors (Lipinski definition) is 0. The Kier molecular flexibility index (Phi) is 4.03. The first kappa shape index (κ1) is 13.4. The minimum atomic E-state index is -0.309. The van der Waals surface area contributed by atoms with Gasteiger partial charge in [0, 0.05) is 11.1 Å². The topological polar surface area (TPSA) is 33.0 Å². The average Bonchev–Trinajstić information content (AvgIpc) is 2.40. The van der Waals surface area contributed by atoms with E-state index >= 15 is 0 Å². The second-order valence-electron chi connectivity index (χ2n) is 4.11. The lowest BCUT2D eigenvalue weighted by atomic mass is 10.1. The van der Waals surface area contributed by atoms with Gasteiger partial charge in [-0.1, -0.05) is 17.7 Å². The molecule has 2 rings (SSSR count). The number of halogens is 2. The molecular formula is C15H11ClFNO. The minimum Gasteiger partial charge on any atom is -0.487 e. The summed E-state index contributed by atoms with van der Waals surface area (Å²) in [5.41, 5.74) is 2.07. The van der Waals surface area contributed by atoms with E-state index in [0.717, 1.165) is 11.1 Å². The Morgan fingerprint density at radius 2 is 2.05 bits per heavy atom. The Labute approximate surface area is 116 Å². The highest BCUT2D eigenvalue weighted by Crippen LogP contribution is 2.24. The van der Waals surface area contributed by atoms with Crippen LogP contribution in [-0.4, -0.2) is 0 Å². The molecule has 0 radical (unpaired) electrons. The van der Waals surface area contributed by atoms with Gasteiger partial charge in [-0.2, -0.15) is 5.26 Å². The highest BCUT2D eigenvalue weighted by atomic mass is 35.5. The van der Waals surface area contributed by atoms with Gasteiger partial charge in [0.05, 0.1) is 5.56 Å². The van der Waals surface area contributed by atoms with Crippen molar-refractivity contribution in [1.29, 1.82) is 5.26 Å². The van der Waals surface area contributed by atoms with E-state index in [-0.39, 0.29) is 12.4 Å². The zero-order valence-corrected chi connectivity index (χ0v) is 11.0. The fourth-order valence-electron chi connectivity index (χ4n) is 1.66. The van der Waals surface area contributed by atoms with Crippen molar-refractivity contribution in [2.24, 2.45) is 0 Å². The van der Waals surface area contributed by atoms with Crippen molar-refractivity contribution in [2.75, 3.05) is 0 Å². The van der Waals surface area contributed by atoms with Crippen LogP contribution in [-0.2, 0) is 6.61 Å². The lowest BCUT2D eigenvalue weighted by Crippen LogP contribution is -2.00. The van der Waals surface area contributed by atoms with Gasteiger partial charge >= 0.3 is 0 Å². The molecule has 0 aromatic heterocycles. The molecule has 0 saturated heterocycles. The van der Waals surface area contributed by atoms with Crippen LogP contribution in [0.25, 0.3) is 0 Å². The molecule has 0 bridgehead atoms. The molecule has 96 valence electrons. The summed E-state index contributed by atoms with van der Waals surface area (Å²) >= 11 is 5.86. The van der Waals surface area contributed by atoms with E-state index < -0.39 is 0 Å². The van der Waals surface area contributed by atoms with Crippen LogP contribution in [0.5, 0.6) is 5.75 Å². The summed E-state index contributed by atoms with van der Waals surface area (Å²) in [7, 11) is 0. The lowest BCUT2D eigenvalue weighted by Gasteiger charge is -2.10. The maximum absolute atomic E-state index is 13.2. The molecule has 2 nitrogen and oxygen atoms in total. The molecule has 0 aliphatic heterocycles. The van der Waals surface area contributed by atoms with E-state index in [9.17, 15) is 4.39 Å². The van der Waals surface area contributed by atoms with Crippen LogP contribution in [0.15, 0.2) is 36.4 Å². The van der Waals surface area contributed by atoms with E-state index in [0.29, 0.717) is 16.3 Å². The SMILES string of the molecule is Cc1ccc(F)cc1COc1cc(Cl)ccc1C#N. The number of benzene rings is 2. The van der Waals surface area contributed by atoms with Crippen molar-refractivity contribution >= 4 is 11.6 Å².